The molecule has 0 aromatic rings. The number of allylic oxidation sites excluding steroid dienone is 1. The van der Waals surface area contributed by atoms with Crippen molar-refractivity contribution in [3.8, 4) is 0 Å². The quantitative estimate of drug-likeness (QED) is 0.191. The van der Waals surface area contributed by atoms with Crippen LogP contribution in [-0.2, 0) is 4.74 Å². The fourth-order valence-corrected chi connectivity index (χ4v) is 1.04. The summed E-state index contributed by atoms with van der Waals surface area (Å²) < 4.78 is 4.72. The number of ether oxygens (including phenoxy) is 1. The van der Waals surface area contributed by atoms with Gasteiger partial charge in [0, 0.05) is 19.6 Å². The van der Waals surface area contributed by atoms with Crippen molar-refractivity contribution >= 4 is 6.09 Å². The molecular weight excluding hydrogens is 208 g/mol. The Bertz CT molecular complexity index is 197. The van der Waals surface area contributed by atoms with Gasteiger partial charge in [-0.1, -0.05) is 12.2 Å². The minimum absolute atomic E-state index is 0.252. The van der Waals surface area contributed by atoms with Crippen LogP contribution in [0.3, 0.4) is 0 Å². The van der Waals surface area contributed by atoms with Crippen LogP contribution in [0.15, 0.2) is 12.2 Å². The molecule has 0 saturated carbocycles. The number of amides is 1. The molecule has 6 nitrogen and oxygen atoms in total. The second-order valence-electron chi connectivity index (χ2n) is 3.23. The van der Waals surface area contributed by atoms with Crippen molar-refractivity contribution in [2.24, 2.45) is 11.6 Å². The van der Waals surface area contributed by atoms with Crippen molar-refractivity contribution in [3.05, 3.63) is 12.2 Å². The van der Waals surface area contributed by atoms with Crippen LogP contribution < -0.4 is 22.3 Å². The van der Waals surface area contributed by atoms with Gasteiger partial charge in [0.1, 0.15) is 6.61 Å². The molecule has 0 aromatic carbocycles. The number of rotatable bonds is 9. The second-order valence-corrected chi connectivity index (χ2v) is 3.23. The highest BCUT2D eigenvalue weighted by Gasteiger charge is 1.96. The van der Waals surface area contributed by atoms with Gasteiger partial charge in [-0.15, -0.1) is 0 Å². The van der Waals surface area contributed by atoms with Gasteiger partial charge in [0.05, 0.1) is 0 Å². The van der Waals surface area contributed by atoms with E-state index in [1.165, 1.54) is 0 Å². The van der Waals surface area contributed by atoms with Gasteiger partial charge in [0.25, 0.3) is 0 Å². The van der Waals surface area contributed by atoms with Gasteiger partial charge >= 0.3 is 6.09 Å². The summed E-state index contributed by atoms with van der Waals surface area (Å²) >= 11 is 0. The molecule has 0 atom stereocenters. The summed E-state index contributed by atoms with van der Waals surface area (Å²) in [5, 5.41) is 2.58. The number of hydrogen-bond donors (Lipinski definition) is 4. The maximum atomic E-state index is 10.9. The molecule has 0 unspecified atom stereocenters. The third-order valence-electron chi connectivity index (χ3n) is 1.82. The van der Waals surface area contributed by atoms with Crippen molar-refractivity contribution in [1.29, 1.82) is 0 Å². The summed E-state index contributed by atoms with van der Waals surface area (Å²) in [6.45, 7) is 1.91. The minimum Gasteiger partial charge on any atom is -0.448 e. The molecule has 0 aliphatic heterocycles. The maximum Gasteiger partial charge on any atom is 0.407 e. The molecule has 6 heteroatoms. The molecule has 0 aromatic heterocycles. The molecule has 0 aliphatic rings. The van der Waals surface area contributed by atoms with Crippen LogP contribution in [0.4, 0.5) is 4.79 Å². The van der Waals surface area contributed by atoms with Gasteiger partial charge < -0.3 is 15.8 Å². The Labute approximate surface area is 96.4 Å². The van der Waals surface area contributed by atoms with Gasteiger partial charge in [-0.3, -0.25) is 11.3 Å². The Kier molecular flexibility index (Phi) is 11.1. The topological polar surface area (TPSA) is 102 Å². The average molecular weight is 230 g/mol. The average Bonchev–Trinajstić information content (AvgIpc) is 2.30. The van der Waals surface area contributed by atoms with Crippen molar-refractivity contribution in [2.75, 3.05) is 26.2 Å². The zero-order chi connectivity index (χ0) is 12.1. The number of hydrogen-bond acceptors (Lipinski definition) is 5. The molecule has 0 heterocycles. The Morgan fingerprint density at radius 2 is 2.12 bits per heavy atom. The molecular formula is C10H22N4O2. The standard InChI is InChI=1S/C10H22N4O2/c11-6-9-16-10(15)13-7-4-2-1-3-5-8-14-12/h2,4,14H,1,3,5-9,11-12H2,(H,13,15). The van der Waals surface area contributed by atoms with Gasteiger partial charge in [-0.05, 0) is 19.3 Å². The smallest absolute Gasteiger partial charge is 0.407 e. The van der Waals surface area contributed by atoms with Crippen LogP contribution in [0, 0.1) is 0 Å². The van der Waals surface area contributed by atoms with E-state index in [4.69, 9.17) is 16.3 Å². The number of carbonyl (C=O) groups excluding carboxylic acids is 1. The van der Waals surface area contributed by atoms with E-state index in [0.29, 0.717) is 13.1 Å². The van der Waals surface area contributed by atoms with Crippen molar-refractivity contribution in [1.82, 2.24) is 10.7 Å². The summed E-state index contributed by atoms with van der Waals surface area (Å²) in [6, 6.07) is 0. The SMILES string of the molecule is NCCOC(=O)NCC=CCCCCNN. The summed E-state index contributed by atoms with van der Waals surface area (Å²) in [6.07, 6.45) is 6.62. The summed E-state index contributed by atoms with van der Waals surface area (Å²) in [5.41, 5.74) is 7.77. The predicted octanol–water partition coefficient (Wildman–Crippen LogP) is -0.139. The van der Waals surface area contributed by atoms with Gasteiger partial charge in [-0.2, -0.15) is 0 Å². The van der Waals surface area contributed by atoms with E-state index in [0.717, 1.165) is 25.8 Å². The molecule has 0 spiro atoms. The molecule has 94 valence electrons. The van der Waals surface area contributed by atoms with Crippen molar-refractivity contribution < 1.29 is 9.53 Å². The molecule has 0 aliphatic carbocycles. The maximum absolute atomic E-state index is 10.9. The van der Waals surface area contributed by atoms with E-state index in [1.807, 2.05) is 12.2 Å². The monoisotopic (exact) mass is 230 g/mol. The number of nitrogens with one attached hydrogen (secondary N) is 2. The lowest BCUT2D eigenvalue weighted by Crippen LogP contribution is -2.26. The van der Waals surface area contributed by atoms with E-state index in [-0.39, 0.29) is 6.61 Å². The fourth-order valence-electron chi connectivity index (χ4n) is 1.04. The van der Waals surface area contributed by atoms with Crippen LogP contribution in [0.5, 0.6) is 0 Å². The molecule has 6 N–H and O–H groups in total. The number of alkyl carbamates (subject to hydrolysis) is 1. The van der Waals surface area contributed by atoms with E-state index in [2.05, 4.69) is 10.7 Å². The van der Waals surface area contributed by atoms with E-state index in [1.54, 1.807) is 0 Å². The van der Waals surface area contributed by atoms with E-state index in [9.17, 15) is 4.79 Å². The molecule has 0 radical (unpaired) electrons. The third-order valence-corrected chi connectivity index (χ3v) is 1.82. The lowest BCUT2D eigenvalue weighted by Gasteiger charge is -2.02. The molecule has 0 rings (SSSR count). The molecule has 0 bridgehead atoms. The molecule has 0 saturated heterocycles. The summed E-state index contributed by atoms with van der Waals surface area (Å²) in [7, 11) is 0. The van der Waals surface area contributed by atoms with Gasteiger partial charge in [0.2, 0.25) is 0 Å². The first-order chi connectivity index (χ1) is 7.81. The first-order valence-electron chi connectivity index (χ1n) is 5.50. The number of nitrogens with two attached hydrogens (primary N) is 2. The number of hydrazine groups is 1. The highest BCUT2D eigenvalue weighted by molar-refractivity contribution is 5.67. The third kappa shape index (κ3) is 11.0. The fraction of sp³-hybridized carbons (Fsp3) is 0.700. The Balaban J connectivity index is 3.23. The Hall–Kier alpha value is -1.11. The highest BCUT2D eigenvalue weighted by atomic mass is 16.5. The molecule has 0 fully saturated rings. The molecule has 1 amide bonds. The zero-order valence-electron chi connectivity index (χ0n) is 9.58. The van der Waals surface area contributed by atoms with Crippen LogP contribution >= 0.6 is 0 Å². The second kappa shape index (κ2) is 12.0. The lowest BCUT2D eigenvalue weighted by molar-refractivity contribution is 0.150. The van der Waals surface area contributed by atoms with Crippen molar-refractivity contribution in [3.63, 3.8) is 0 Å². The van der Waals surface area contributed by atoms with Crippen molar-refractivity contribution in [2.45, 2.75) is 19.3 Å². The minimum atomic E-state index is -0.428. The first kappa shape index (κ1) is 14.9. The normalized spacial score (nSPS) is 10.6. The number of carbonyl (C=O) groups is 1. The van der Waals surface area contributed by atoms with Gasteiger partial charge in [-0.25, -0.2) is 4.79 Å². The van der Waals surface area contributed by atoms with Crippen LogP contribution in [0.1, 0.15) is 19.3 Å². The van der Waals surface area contributed by atoms with Crippen LogP contribution in [0.2, 0.25) is 0 Å². The van der Waals surface area contributed by atoms with Gasteiger partial charge in [0.15, 0.2) is 0 Å². The lowest BCUT2D eigenvalue weighted by atomic mass is 10.2. The van der Waals surface area contributed by atoms with Crippen LogP contribution in [-0.4, -0.2) is 32.3 Å². The van der Waals surface area contributed by atoms with E-state index < -0.39 is 6.09 Å². The van der Waals surface area contributed by atoms with Crippen LogP contribution in [0.25, 0.3) is 0 Å². The largest absolute Gasteiger partial charge is 0.448 e. The Morgan fingerprint density at radius 1 is 1.31 bits per heavy atom. The number of unbranched alkanes of at least 4 members (excludes halogenated alkanes) is 2. The summed E-state index contributed by atoms with van der Waals surface area (Å²) in [4.78, 5) is 10.9. The zero-order valence-corrected chi connectivity index (χ0v) is 9.58. The molecule has 16 heavy (non-hydrogen) atoms. The van der Waals surface area contributed by atoms with E-state index >= 15 is 0 Å². The predicted molar refractivity (Wildman–Crippen MR) is 63.6 cm³/mol. The first-order valence-corrected chi connectivity index (χ1v) is 5.50. The Morgan fingerprint density at radius 3 is 2.81 bits per heavy atom. The summed E-state index contributed by atoms with van der Waals surface area (Å²) in [5.74, 6) is 5.13. The highest BCUT2D eigenvalue weighted by Crippen LogP contribution is 1.94.